The van der Waals surface area contributed by atoms with E-state index in [9.17, 15) is 4.79 Å². The molecule has 0 aliphatic rings. The van der Waals surface area contributed by atoms with Gasteiger partial charge < -0.3 is 5.32 Å². The van der Waals surface area contributed by atoms with Crippen LogP contribution in [0.4, 0.5) is 0 Å². The molecule has 2 heterocycles. The lowest BCUT2D eigenvalue weighted by Crippen LogP contribution is -2.25. The van der Waals surface area contributed by atoms with E-state index < -0.39 is 0 Å². The Kier molecular flexibility index (Phi) is 7.84. The van der Waals surface area contributed by atoms with Crippen molar-refractivity contribution in [2.24, 2.45) is 7.05 Å². The Morgan fingerprint density at radius 1 is 1.09 bits per heavy atom. The molecule has 7 nitrogen and oxygen atoms in total. The van der Waals surface area contributed by atoms with Gasteiger partial charge in [0.2, 0.25) is 0 Å². The number of rotatable bonds is 6. The fourth-order valence-corrected chi connectivity index (χ4v) is 3.85. The molecule has 0 radical (unpaired) electrons. The summed E-state index contributed by atoms with van der Waals surface area (Å²) in [5.41, 5.74) is 6.14. The Hall–Kier alpha value is -4.09. The summed E-state index contributed by atoms with van der Waals surface area (Å²) in [5, 5.41) is 9.65. The third-order valence-corrected chi connectivity index (χ3v) is 5.35. The molecule has 1 N–H and O–H groups in total. The molecule has 0 spiro atoms. The molecular formula is C26H26N4O3. The van der Waals surface area contributed by atoms with Crippen molar-refractivity contribution >= 4 is 22.8 Å². The predicted molar refractivity (Wildman–Crippen MR) is 125 cm³/mol. The van der Waals surface area contributed by atoms with E-state index in [1.165, 1.54) is 16.7 Å². The van der Waals surface area contributed by atoms with Gasteiger partial charge in [-0.1, -0.05) is 55.3 Å². The highest BCUT2D eigenvalue weighted by molar-refractivity contribution is 5.98. The van der Waals surface area contributed by atoms with Crippen LogP contribution in [0.1, 0.15) is 40.7 Å². The van der Waals surface area contributed by atoms with E-state index in [2.05, 4.69) is 65.6 Å². The number of benzene rings is 2. The highest BCUT2D eigenvalue weighted by Gasteiger charge is 2.14. The summed E-state index contributed by atoms with van der Waals surface area (Å²) in [7, 11) is 1.81. The monoisotopic (exact) mass is 442 g/mol. The molecule has 2 aromatic heterocycles. The number of carbonyl (C=O) groups excluding carboxylic acids is 3. The molecule has 0 aliphatic carbocycles. The fourth-order valence-electron chi connectivity index (χ4n) is 3.85. The van der Waals surface area contributed by atoms with E-state index in [4.69, 9.17) is 9.59 Å². The maximum atomic E-state index is 12.7. The minimum Gasteiger partial charge on any atom is -0.347 e. The van der Waals surface area contributed by atoms with Crippen LogP contribution in [0.3, 0.4) is 0 Å². The van der Waals surface area contributed by atoms with Gasteiger partial charge in [-0.3, -0.25) is 14.5 Å². The highest BCUT2D eigenvalue weighted by atomic mass is 16.2. The number of nitrogens with one attached hydrogen (secondary N) is 1. The molecule has 0 atom stereocenters. The normalized spacial score (nSPS) is 10.3. The van der Waals surface area contributed by atoms with Crippen LogP contribution in [0.15, 0.2) is 60.9 Å². The molecule has 0 saturated heterocycles. The van der Waals surface area contributed by atoms with Crippen molar-refractivity contribution in [3.63, 3.8) is 0 Å². The van der Waals surface area contributed by atoms with Gasteiger partial charge in [0, 0.05) is 31.4 Å². The molecule has 0 fully saturated rings. The van der Waals surface area contributed by atoms with E-state index in [1.807, 2.05) is 31.6 Å². The highest BCUT2D eigenvalue weighted by Crippen LogP contribution is 2.31. The molecule has 4 rings (SSSR count). The van der Waals surface area contributed by atoms with Gasteiger partial charge in [0.25, 0.3) is 5.91 Å². The molecule has 0 bridgehead atoms. The molecule has 0 aliphatic heterocycles. The van der Waals surface area contributed by atoms with Crippen molar-refractivity contribution in [1.29, 1.82) is 0 Å². The molecule has 1 amide bonds. The number of hydrogen-bond donors (Lipinski definition) is 1. The first-order chi connectivity index (χ1) is 16.0. The van der Waals surface area contributed by atoms with Gasteiger partial charge in [0.1, 0.15) is 5.69 Å². The second-order valence-electron chi connectivity index (χ2n) is 7.72. The smallest absolute Gasteiger partial charge is 0.347 e. The Balaban J connectivity index is 0.000000968. The van der Waals surface area contributed by atoms with E-state index in [1.54, 1.807) is 4.68 Å². The van der Waals surface area contributed by atoms with Gasteiger partial charge in [-0.15, -0.1) is 0 Å². The largest absolute Gasteiger partial charge is 0.373 e. The van der Waals surface area contributed by atoms with Crippen molar-refractivity contribution < 1.29 is 14.4 Å². The van der Waals surface area contributed by atoms with Gasteiger partial charge in [0.15, 0.2) is 0 Å². The quantitative estimate of drug-likeness (QED) is 0.482. The summed E-state index contributed by atoms with van der Waals surface area (Å²) in [6.07, 6.45) is 5.82. The van der Waals surface area contributed by atoms with Crippen LogP contribution in [0.2, 0.25) is 0 Å². The van der Waals surface area contributed by atoms with E-state index in [0.717, 1.165) is 34.9 Å². The Morgan fingerprint density at radius 2 is 1.88 bits per heavy atom. The van der Waals surface area contributed by atoms with Gasteiger partial charge in [0.05, 0.1) is 5.69 Å². The number of fused-ring (bicyclic) bond motifs is 1. The van der Waals surface area contributed by atoms with Crippen LogP contribution in [-0.2, 0) is 29.6 Å². The van der Waals surface area contributed by atoms with Crippen LogP contribution in [0.25, 0.3) is 21.9 Å². The summed E-state index contributed by atoms with van der Waals surface area (Å²) in [6, 6.07) is 16.6. The second-order valence-corrected chi connectivity index (χ2v) is 7.72. The van der Waals surface area contributed by atoms with Crippen LogP contribution in [0.5, 0.6) is 0 Å². The molecule has 0 unspecified atom stereocenters. The summed E-state index contributed by atoms with van der Waals surface area (Å²) in [5.74, 6) is -0.118. The van der Waals surface area contributed by atoms with Gasteiger partial charge in [-0.05, 0) is 47.6 Å². The number of nitrogens with zero attached hydrogens (tertiary/aromatic N) is 3. The number of aryl methyl sites for hydroxylation is 3. The zero-order valence-corrected chi connectivity index (χ0v) is 19.0. The van der Waals surface area contributed by atoms with Gasteiger partial charge in [-0.25, -0.2) is 0 Å². The molecule has 4 aromatic rings. The minimum atomic E-state index is -0.118. The summed E-state index contributed by atoms with van der Waals surface area (Å²) in [6.45, 7) is 4.64. The molecule has 7 heteroatoms. The number of hydrogen-bond acceptors (Lipinski definition) is 5. The molecule has 0 saturated carbocycles. The van der Waals surface area contributed by atoms with Crippen molar-refractivity contribution in [1.82, 2.24) is 20.1 Å². The summed E-state index contributed by atoms with van der Waals surface area (Å²) in [4.78, 5) is 33.3. The topological polar surface area (TPSA) is 93.9 Å². The van der Waals surface area contributed by atoms with E-state index in [0.29, 0.717) is 12.2 Å². The fraction of sp³-hybridized carbons (Fsp3) is 0.231. The molecular weight excluding hydrogens is 416 g/mol. The zero-order chi connectivity index (χ0) is 23.8. The number of amides is 1. The van der Waals surface area contributed by atoms with Crippen LogP contribution in [-0.4, -0.2) is 26.8 Å². The van der Waals surface area contributed by atoms with Crippen LogP contribution in [0, 0.1) is 6.92 Å². The van der Waals surface area contributed by atoms with Crippen molar-refractivity contribution in [3.05, 3.63) is 83.4 Å². The first-order valence-corrected chi connectivity index (χ1v) is 10.7. The van der Waals surface area contributed by atoms with Crippen molar-refractivity contribution in [3.8, 4) is 11.1 Å². The predicted octanol–water partition coefficient (Wildman–Crippen LogP) is 4.24. The second kappa shape index (κ2) is 11.0. The molecule has 168 valence electrons. The van der Waals surface area contributed by atoms with Crippen molar-refractivity contribution in [2.45, 2.75) is 33.2 Å². The SMILES string of the molecule is CCCc1cc(C(=O)NCc2ccc(-c3cccc(C)c3)c3ccncc23)n(C)n1.O=C=O. The summed E-state index contributed by atoms with van der Waals surface area (Å²) < 4.78 is 1.65. The lowest BCUT2D eigenvalue weighted by atomic mass is 9.95. The first kappa shape index (κ1) is 23.6. The zero-order valence-electron chi connectivity index (χ0n) is 19.0. The molecule has 33 heavy (non-hydrogen) atoms. The Morgan fingerprint density at radius 3 is 2.61 bits per heavy atom. The number of pyridine rings is 1. The van der Waals surface area contributed by atoms with Gasteiger partial charge >= 0.3 is 6.15 Å². The average Bonchev–Trinajstić information content (AvgIpc) is 3.18. The Bertz CT molecular complexity index is 1300. The minimum absolute atomic E-state index is 0.118. The van der Waals surface area contributed by atoms with E-state index >= 15 is 0 Å². The van der Waals surface area contributed by atoms with Crippen LogP contribution < -0.4 is 5.32 Å². The van der Waals surface area contributed by atoms with E-state index in [-0.39, 0.29) is 12.1 Å². The first-order valence-electron chi connectivity index (χ1n) is 10.7. The number of carbonyl (C=O) groups is 1. The Labute approximate surface area is 192 Å². The summed E-state index contributed by atoms with van der Waals surface area (Å²) >= 11 is 0. The average molecular weight is 443 g/mol. The lowest BCUT2D eigenvalue weighted by molar-refractivity contribution is -0.191. The van der Waals surface area contributed by atoms with Crippen LogP contribution >= 0.6 is 0 Å². The number of aromatic nitrogens is 3. The third kappa shape index (κ3) is 5.59. The maximum Gasteiger partial charge on any atom is 0.373 e. The maximum absolute atomic E-state index is 12.7. The van der Waals surface area contributed by atoms with Crippen molar-refractivity contribution in [2.75, 3.05) is 0 Å². The van der Waals surface area contributed by atoms with Gasteiger partial charge in [-0.2, -0.15) is 14.7 Å². The lowest BCUT2D eigenvalue weighted by Gasteiger charge is -2.12. The third-order valence-electron chi connectivity index (χ3n) is 5.35. The standard InChI is InChI=1S/C25H26N4O.CO2/c1-4-6-20-14-24(29(3)28-20)25(30)27-15-19-9-10-21(18-8-5-7-17(2)13-18)22-11-12-26-16-23(19)22;2-1-3/h5,7-14,16H,4,6,15H2,1-3H3,(H,27,30);. The molecule has 2 aromatic carbocycles.